The first-order chi connectivity index (χ1) is 12.2. The highest BCUT2D eigenvalue weighted by molar-refractivity contribution is 5.99. The zero-order valence-corrected chi connectivity index (χ0v) is 14.2. The number of nitrogens with zero attached hydrogens (tertiary/aromatic N) is 1. The number of urea groups is 1. The Hall–Kier alpha value is -2.82. The molecule has 0 radical (unpaired) electrons. The third-order valence-electron chi connectivity index (χ3n) is 4.31. The molecular formula is C20H23N3O2. The van der Waals surface area contributed by atoms with Crippen molar-refractivity contribution < 1.29 is 9.59 Å². The molecule has 25 heavy (non-hydrogen) atoms. The first-order valence-electron chi connectivity index (χ1n) is 8.70. The summed E-state index contributed by atoms with van der Waals surface area (Å²) in [7, 11) is 0. The maximum absolute atomic E-state index is 12.3. The van der Waals surface area contributed by atoms with Crippen molar-refractivity contribution in [2.45, 2.75) is 25.7 Å². The number of benzene rings is 2. The van der Waals surface area contributed by atoms with Gasteiger partial charge in [0.25, 0.3) is 0 Å². The number of para-hydroxylation sites is 1. The van der Waals surface area contributed by atoms with Gasteiger partial charge in [0.2, 0.25) is 5.91 Å². The van der Waals surface area contributed by atoms with Crippen molar-refractivity contribution in [3.63, 3.8) is 0 Å². The standard InChI is InChI=1S/C20H23N3O2/c24-19(23-13-5-2-6-14-23)15-16-9-11-18(12-10-16)22-20(25)21-17-7-3-1-4-8-17/h1,3-4,7-12H,2,5-6,13-15H2,(H2,21,22,25). The Kier molecular flexibility index (Phi) is 5.67. The van der Waals surface area contributed by atoms with E-state index in [2.05, 4.69) is 10.6 Å². The number of carbonyl (C=O) groups is 2. The average molecular weight is 337 g/mol. The van der Waals surface area contributed by atoms with Crippen molar-refractivity contribution in [3.8, 4) is 0 Å². The molecule has 2 aromatic carbocycles. The van der Waals surface area contributed by atoms with Gasteiger partial charge in [0, 0.05) is 24.5 Å². The van der Waals surface area contributed by atoms with Gasteiger partial charge in [-0.1, -0.05) is 30.3 Å². The minimum Gasteiger partial charge on any atom is -0.342 e. The van der Waals surface area contributed by atoms with Gasteiger partial charge < -0.3 is 15.5 Å². The lowest BCUT2D eigenvalue weighted by atomic mass is 10.1. The number of amides is 3. The summed E-state index contributed by atoms with van der Waals surface area (Å²) in [6.07, 6.45) is 3.84. The summed E-state index contributed by atoms with van der Waals surface area (Å²) in [6, 6.07) is 16.4. The Balaban J connectivity index is 1.51. The summed E-state index contributed by atoms with van der Waals surface area (Å²) < 4.78 is 0. The molecular weight excluding hydrogens is 314 g/mol. The summed E-state index contributed by atoms with van der Waals surface area (Å²) in [4.78, 5) is 26.2. The first-order valence-corrected chi connectivity index (χ1v) is 8.70. The van der Waals surface area contributed by atoms with E-state index < -0.39 is 0 Å². The van der Waals surface area contributed by atoms with Crippen LogP contribution < -0.4 is 10.6 Å². The number of carbonyl (C=O) groups excluding carboxylic acids is 2. The molecule has 0 aliphatic carbocycles. The van der Waals surface area contributed by atoms with Crippen LogP contribution in [0.3, 0.4) is 0 Å². The van der Waals surface area contributed by atoms with Gasteiger partial charge in [-0.2, -0.15) is 0 Å². The van der Waals surface area contributed by atoms with Crippen LogP contribution in [0.15, 0.2) is 54.6 Å². The molecule has 1 aliphatic rings. The number of anilines is 2. The Morgan fingerprint density at radius 1 is 0.800 bits per heavy atom. The van der Waals surface area contributed by atoms with E-state index in [1.807, 2.05) is 59.5 Å². The van der Waals surface area contributed by atoms with E-state index >= 15 is 0 Å². The Morgan fingerprint density at radius 2 is 1.40 bits per heavy atom. The number of rotatable bonds is 4. The molecule has 0 spiro atoms. The van der Waals surface area contributed by atoms with Crippen LogP contribution in [0.4, 0.5) is 16.2 Å². The lowest BCUT2D eigenvalue weighted by molar-refractivity contribution is -0.131. The molecule has 2 N–H and O–H groups in total. The molecule has 0 atom stereocenters. The maximum atomic E-state index is 12.3. The molecule has 3 amide bonds. The van der Waals surface area contributed by atoms with Gasteiger partial charge in [-0.25, -0.2) is 4.79 Å². The highest BCUT2D eigenvalue weighted by Crippen LogP contribution is 2.14. The lowest BCUT2D eigenvalue weighted by Gasteiger charge is -2.26. The van der Waals surface area contributed by atoms with Crippen molar-refractivity contribution in [3.05, 3.63) is 60.2 Å². The zero-order chi connectivity index (χ0) is 17.5. The predicted octanol–water partition coefficient (Wildman–Crippen LogP) is 3.89. The third-order valence-corrected chi connectivity index (χ3v) is 4.31. The summed E-state index contributed by atoms with van der Waals surface area (Å²) in [6.45, 7) is 1.75. The van der Waals surface area contributed by atoms with Crippen LogP contribution in [-0.2, 0) is 11.2 Å². The van der Waals surface area contributed by atoms with E-state index in [-0.39, 0.29) is 11.9 Å². The average Bonchev–Trinajstić information content (AvgIpc) is 2.65. The fraction of sp³-hybridized carbons (Fsp3) is 0.300. The normalized spacial score (nSPS) is 14.0. The summed E-state index contributed by atoms with van der Waals surface area (Å²) in [5, 5.41) is 5.56. The second-order valence-electron chi connectivity index (χ2n) is 6.26. The van der Waals surface area contributed by atoms with E-state index in [4.69, 9.17) is 0 Å². The van der Waals surface area contributed by atoms with Gasteiger partial charge in [0.05, 0.1) is 6.42 Å². The van der Waals surface area contributed by atoms with Crippen LogP contribution in [0.1, 0.15) is 24.8 Å². The molecule has 2 aromatic rings. The summed E-state index contributed by atoms with van der Waals surface area (Å²) in [5.74, 6) is 0.183. The van der Waals surface area contributed by atoms with E-state index in [1.165, 1.54) is 6.42 Å². The van der Waals surface area contributed by atoms with Gasteiger partial charge >= 0.3 is 6.03 Å². The second-order valence-corrected chi connectivity index (χ2v) is 6.26. The minimum atomic E-state index is -0.289. The minimum absolute atomic E-state index is 0.183. The molecule has 3 rings (SSSR count). The highest BCUT2D eigenvalue weighted by Gasteiger charge is 2.16. The monoisotopic (exact) mass is 337 g/mol. The van der Waals surface area contributed by atoms with Crippen molar-refractivity contribution in [1.29, 1.82) is 0 Å². The number of nitrogens with one attached hydrogen (secondary N) is 2. The van der Waals surface area contributed by atoms with Crippen molar-refractivity contribution in [1.82, 2.24) is 4.90 Å². The lowest BCUT2D eigenvalue weighted by Crippen LogP contribution is -2.36. The van der Waals surface area contributed by atoms with Crippen LogP contribution in [0.25, 0.3) is 0 Å². The van der Waals surface area contributed by atoms with E-state index in [1.54, 1.807) is 0 Å². The number of piperidine rings is 1. The number of likely N-dealkylation sites (tertiary alicyclic amines) is 1. The van der Waals surface area contributed by atoms with Crippen LogP contribution in [-0.4, -0.2) is 29.9 Å². The molecule has 5 nitrogen and oxygen atoms in total. The molecule has 1 saturated heterocycles. The van der Waals surface area contributed by atoms with Crippen LogP contribution in [0.5, 0.6) is 0 Å². The van der Waals surface area contributed by atoms with Gasteiger partial charge in [-0.05, 0) is 49.1 Å². The molecule has 130 valence electrons. The summed E-state index contributed by atoms with van der Waals surface area (Å²) in [5.41, 5.74) is 2.40. The molecule has 0 aromatic heterocycles. The molecule has 1 heterocycles. The third kappa shape index (κ3) is 5.08. The van der Waals surface area contributed by atoms with Gasteiger partial charge in [0.1, 0.15) is 0 Å². The highest BCUT2D eigenvalue weighted by atomic mass is 16.2. The van der Waals surface area contributed by atoms with E-state index in [0.29, 0.717) is 12.1 Å². The second kappa shape index (κ2) is 8.33. The fourth-order valence-electron chi connectivity index (χ4n) is 2.95. The SMILES string of the molecule is O=C(Nc1ccccc1)Nc1ccc(CC(=O)N2CCCCC2)cc1. The maximum Gasteiger partial charge on any atom is 0.323 e. The Morgan fingerprint density at radius 3 is 2.04 bits per heavy atom. The fourth-order valence-corrected chi connectivity index (χ4v) is 2.95. The number of hydrogen-bond acceptors (Lipinski definition) is 2. The van der Waals surface area contributed by atoms with Crippen molar-refractivity contribution >= 4 is 23.3 Å². The zero-order valence-electron chi connectivity index (χ0n) is 14.2. The van der Waals surface area contributed by atoms with E-state index in [9.17, 15) is 9.59 Å². The molecule has 0 bridgehead atoms. The molecule has 1 aliphatic heterocycles. The topological polar surface area (TPSA) is 61.4 Å². The van der Waals surface area contributed by atoms with E-state index in [0.717, 1.165) is 37.2 Å². The summed E-state index contributed by atoms with van der Waals surface area (Å²) >= 11 is 0. The molecule has 0 unspecified atom stereocenters. The molecule has 0 saturated carbocycles. The Bertz CT molecular complexity index is 707. The van der Waals surface area contributed by atoms with Crippen LogP contribution in [0.2, 0.25) is 0 Å². The molecule has 1 fully saturated rings. The van der Waals surface area contributed by atoms with Crippen molar-refractivity contribution in [2.24, 2.45) is 0 Å². The largest absolute Gasteiger partial charge is 0.342 e. The van der Waals surface area contributed by atoms with Gasteiger partial charge in [-0.15, -0.1) is 0 Å². The van der Waals surface area contributed by atoms with Crippen LogP contribution in [0, 0.1) is 0 Å². The Labute approximate surface area is 148 Å². The van der Waals surface area contributed by atoms with Gasteiger partial charge in [0.15, 0.2) is 0 Å². The predicted molar refractivity (Wildman–Crippen MR) is 99.7 cm³/mol. The van der Waals surface area contributed by atoms with Crippen molar-refractivity contribution in [2.75, 3.05) is 23.7 Å². The first kappa shape index (κ1) is 17.0. The smallest absolute Gasteiger partial charge is 0.323 e. The van der Waals surface area contributed by atoms with Crippen LogP contribution >= 0.6 is 0 Å². The number of hydrogen-bond donors (Lipinski definition) is 2. The molecule has 5 heteroatoms. The quantitative estimate of drug-likeness (QED) is 0.889. The van der Waals surface area contributed by atoms with Gasteiger partial charge in [-0.3, -0.25) is 4.79 Å².